The van der Waals surface area contributed by atoms with E-state index in [1.165, 1.54) is 0 Å². The Morgan fingerprint density at radius 3 is 2.89 bits per heavy atom. The SMILES string of the molecule is COCCNCc1cc(C)nc(-c2cncn2C)n1. The van der Waals surface area contributed by atoms with Crippen molar-refractivity contribution >= 4 is 0 Å². The van der Waals surface area contributed by atoms with Crippen LogP contribution in [0.2, 0.25) is 0 Å². The summed E-state index contributed by atoms with van der Waals surface area (Å²) in [6.45, 7) is 4.18. The van der Waals surface area contributed by atoms with Crippen LogP contribution in [0.15, 0.2) is 18.6 Å². The fourth-order valence-corrected chi connectivity index (χ4v) is 1.80. The van der Waals surface area contributed by atoms with Gasteiger partial charge in [0.2, 0.25) is 0 Å². The van der Waals surface area contributed by atoms with Gasteiger partial charge in [0.1, 0.15) is 5.69 Å². The van der Waals surface area contributed by atoms with Gasteiger partial charge >= 0.3 is 0 Å². The summed E-state index contributed by atoms with van der Waals surface area (Å²) in [7, 11) is 3.63. The maximum absolute atomic E-state index is 5.00. The van der Waals surface area contributed by atoms with Crippen molar-refractivity contribution < 1.29 is 4.74 Å². The van der Waals surface area contributed by atoms with E-state index >= 15 is 0 Å². The first-order chi connectivity index (χ1) is 9.20. The number of rotatable bonds is 6. The third-order valence-corrected chi connectivity index (χ3v) is 2.74. The number of imidazole rings is 1. The van der Waals surface area contributed by atoms with Crippen LogP contribution in [0.4, 0.5) is 0 Å². The Balaban J connectivity index is 2.13. The molecule has 6 nitrogen and oxygen atoms in total. The Labute approximate surface area is 112 Å². The summed E-state index contributed by atoms with van der Waals surface area (Å²) in [6, 6.07) is 1.99. The first-order valence-corrected chi connectivity index (χ1v) is 6.21. The Morgan fingerprint density at radius 2 is 2.21 bits per heavy atom. The third-order valence-electron chi connectivity index (χ3n) is 2.74. The van der Waals surface area contributed by atoms with Crippen LogP contribution in [0.25, 0.3) is 11.5 Å². The van der Waals surface area contributed by atoms with Gasteiger partial charge in [0.05, 0.1) is 24.8 Å². The molecular weight excluding hydrogens is 242 g/mol. The molecule has 0 aromatic carbocycles. The minimum atomic E-state index is 0.693. The van der Waals surface area contributed by atoms with Crippen LogP contribution < -0.4 is 5.32 Å². The predicted octanol–water partition coefficient (Wildman–Crippen LogP) is 0.922. The molecule has 0 amide bonds. The van der Waals surface area contributed by atoms with E-state index in [9.17, 15) is 0 Å². The highest BCUT2D eigenvalue weighted by molar-refractivity contribution is 5.48. The molecule has 0 radical (unpaired) electrons. The van der Waals surface area contributed by atoms with Crippen LogP contribution in [0.1, 0.15) is 11.4 Å². The van der Waals surface area contributed by atoms with Crippen LogP contribution in [0.3, 0.4) is 0 Å². The van der Waals surface area contributed by atoms with Gasteiger partial charge in [-0.25, -0.2) is 15.0 Å². The van der Waals surface area contributed by atoms with E-state index in [0.717, 1.165) is 23.6 Å². The van der Waals surface area contributed by atoms with Gasteiger partial charge in [-0.05, 0) is 13.0 Å². The van der Waals surface area contributed by atoms with Gasteiger partial charge in [0, 0.05) is 32.9 Å². The molecule has 2 heterocycles. The summed E-state index contributed by atoms with van der Waals surface area (Å²) < 4.78 is 6.91. The van der Waals surface area contributed by atoms with Gasteiger partial charge in [0.25, 0.3) is 0 Å². The van der Waals surface area contributed by atoms with E-state index in [0.29, 0.717) is 19.0 Å². The van der Waals surface area contributed by atoms with Crippen molar-refractivity contribution in [1.82, 2.24) is 24.8 Å². The molecule has 0 saturated carbocycles. The number of aryl methyl sites for hydroxylation is 2. The van der Waals surface area contributed by atoms with Crippen molar-refractivity contribution in [3.63, 3.8) is 0 Å². The number of nitrogens with one attached hydrogen (secondary N) is 1. The van der Waals surface area contributed by atoms with Crippen LogP contribution >= 0.6 is 0 Å². The van der Waals surface area contributed by atoms with Gasteiger partial charge in [0.15, 0.2) is 5.82 Å². The van der Waals surface area contributed by atoms with Crippen LogP contribution in [0, 0.1) is 6.92 Å². The maximum Gasteiger partial charge on any atom is 0.178 e. The lowest BCUT2D eigenvalue weighted by atomic mass is 10.3. The fraction of sp³-hybridized carbons (Fsp3) is 0.462. The molecule has 0 aliphatic carbocycles. The predicted molar refractivity (Wildman–Crippen MR) is 72.6 cm³/mol. The second kappa shape index (κ2) is 6.40. The Bertz CT molecular complexity index is 538. The van der Waals surface area contributed by atoms with E-state index in [1.807, 2.05) is 24.6 Å². The summed E-state index contributed by atoms with van der Waals surface area (Å²) in [5.74, 6) is 0.712. The fourth-order valence-electron chi connectivity index (χ4n) is 1.80. The number of nitrogens with zero attached hydrogens (tertiary/aromatic N) is 4. The zero-order chi connectivity index (χ0) is 13.7. The molecule has 102 valence electrons. The molecule has 0 atom stereocenters. The number of hydrogen-bond acceptors (Lipinski definition) is 5. The summed E-state index contributed by atoms with van der Waals surface area (Å²) in [5.41, 5.74) is 2.84. The van der Waals surface area contributed by atoms with Gasteiger partial charge in [-0.1, -0.05) is 0 Å². The molecule has 0 aliphatic heterocycles. The third kappa shape index (κ3) is 3.59. The zero-order valence-corrected chi connectivity index (χ0v) is 11.6. The standard InChI is InChI=1S/C13H19N5O/c1-10-6-11(7-14-4-5-19-3)17-13(16-10)12-8-15-9-18(12)2/h6,8-9,14H,4-5,7H2,1-3H3. The minimum Gasteiger partial charge on any atom is -0.383 e. The Hall–Kier alpha value is -1.79. The molecule has 0 unspecified atom stereocenters. The summed E-state index contributed by atoms with van der Waals surface area (Å²) >= 11 is 0. The van der Waals surface area contributed by atoms with Crippen LogP contribution in [-0.2, 0) is 18.3 Å². The van der Waals surface area contributed by atoms with E-state index < -0.39 is 0 Å². The van der Waals surface area contributed by atoms with Gasteiger partial charge < -0.3 is 14.6 Å². The number of ether oxygens (including phenoxy) is 1. The molecule has 1 N–H and O–H groups in total. The summed E-state index contributed by atoms with van der Waals surface area (Å²) in [4.78, 5) is 13.1. The van der Waals surface area contributed by atoms with E-state index in [4.69, 9.17) is 4.74 Å². The highest BCUT2D eigenvalue weighted by Crippen LogP contribution is 2.14. The summed E-state index contributed by atoms with van der Waals surface area (Å²) in [5, 5.41) is 3.28. The number of hydrogen-bond donors (Lipinski definition) is 1. The molecule has 0 saturated heterocycles. The summed E-state index contributed by atoms with van der Waals surface area (Å²) in [6.07, 6.45) is 3.52. The molecule has 0 spiro atoms. The van der Waals surface area contributed by atoms with E-state index in [1.54, 1.807) is 19.6 Å². The largest absolute Gasteiger partial charge is 0.383 e. The zero-order valence-electron chi connectivity index (χ0n) is 11.6. The minimum absolute atomic E-state index is 0.693. The van der Waals surface area contributed by atoms with Gasteiger partial charge in [-0.2, -0.15) is 0 Å². The lowest BCUT2D eigenvalue weighted by Crippen LogP contribution is -2.19. The Kier molecular flexibility index (Phi) is 4.59. The average Bonchev–Trinajstić information content (AvgIpc) is 2.80. The number of methoxy groups -OCH3 is 1. The van der Waals surface area contributed by atoms with Crippen molar-refractivity contribution in [2.75, 3.05) is 20.3 Å². The molecule has 2 aromatic rings. The van der Waals surface area contributed by atoms with Gasteiger partial charge in [-0.3, -0.25) is 0 Å². The maximum atomic E-state index is 5.00. The molecule has 2 rings (SSSR count). The molecular formula is C13H19N5O. The van der Waals surface area contributed by atoms with Crippen molar-refractivity contribution in [3.05, 3.63) is 30.0 Å². The van der Waals surface area contributed by atoms with Crippen molar-refractivity contribution in [2.24, 2.45) is 7.05 Å². The number of aromatic nitrogens is 4. The van der Waals surface area contributed by atoms with E-state index in [2.05, 4.69) is 20.3 Å². The second-order valence-corrected chi connectivity index (χ2v) is 4.38. The first-order valence-electron chi connectivity index (χ1n) is 6.21. The van der Waals surface area contributed by atoms with Crippen molar-refractivity contribution in [3.8, 4) is 11.5 Å². The average molecular weight is 261 g/mol. The first kappa shape index (κ1) is 13.6. The lowest BCUT2D eigenvalue weighted by Gasteiger charge is -2.07. The molecule has 0 fully saturated rings. The van der Waals surface area contributed by atoms with E-state index in [-0.39, 0.29) is 0 Å². The lowest BCUT2D eigenvalue weighted by molar-refractivity contribution is 0.199. The second-order valence-electron chi connectivity index (χ2n) is 4.38. The Morgan fingerprint density at radius 1 is 1.37 bits per heavy atom. The highest BCUT2D eigenvalue weighted by Gasteiger charge is 2.08. The molecule has 0 aliphatic rings. The smallest absolute Gasteiger partial charge is 0.178 e. The normalized spacial score (nSPS) is 10.9. The van der Waals surface area contributed by atoms with Gasteiger partial charge in [-0.15, -0.1) is 0 Å². The molecule has 6 heteroatoms. The van der Waals surface area contributed by atoms with Crippen LogP contribution in [0.5, 0.6) is 0 Å². The monoisotopic (exact) mass is 261 g/mol. The van der Waals surface area contributed by atoms with Crippen LogP contribution in [-0.4, -0.2) is 39.8 Å². The molecule has 19 heavy (non-hydrogen) atoms. The van der Waals surface area contributed by atoms with Crippen molar-refractivity contribution in [2.45, 2.75) is 13.5 Å². The quantitative estimate of drug-likeness (QED) is 0.783. The molecule has 2 aromatic heterocycles. The highest BCUT2D eigenvalue weighted by atomic mass is 16.5. The molecule has 0 bridgehead atoms. The van der Waals surface area contributed by atoms with Crippen molar-refractivity contribution in [1.29, 1.82) is 0 Å². The topological polar surface area (TPSA) is 64.9 Å².